The van der Waals surface area contributed by atoms with E-state index >= 15 is 0 Å². The van der Waals surface area contributed by atoms with E-state index in [1.807, 2.05) is 0 Å². The Morgan fingerprint density at radius 2 is 2.05 bits per heavy atom. The van der Waals surface area contributed by atoms with Crippen molar-refractivity contribution in [1.82, 2.24) is 10.6 Å². The molecule has 3 amide bonds. The summed E-state index contributed by atoms with van der Waals surface area (Å²) < 4.78 is 5.06. The Morgan fingerprint density at radius 3 is 2.53 bits per heavy atom. The van der Waals surface area contributed by atoms with E-state index < -0.39 is 23.9 Å². The largest absolute Gasteiger partial charge is 0.480 e. The van der Waals surface area contributed by atoms with Gasteiger partial charge < -0.3 is 26.2 Å². The molecule has 1 rings (SSSR count). The molecule has 0 saturated heterocycles. The molecule has 0 aromatic carbocycles. The second-order valence-electron chi connectivity index (χ2n) is 4.54. The number of methoxy groups -OCH3 is 1. The molecular weight excluding hydrogens is 254 g/mol. The van der Waals surface area contributed by atoms with E-state index in [4.69, 9.17) is 15.6 Å². The number of urea groups is 1. The fourth-order valence-electron chi connectivity index (χ4n) is 1.81. The van der Waals surface area contributed by atoms with Crippen molar-refractivity contribution in [1.29, 1.82) is 0 Å². The zero-order valence-electron chi connectivity index (χ0n) is 10.7. The lowest BCUT2D eigenvalue weighted by Crippen LogP contribution is -2.53. The van der Waals surface area contributed by atoms with E-state index in [1.54, 1.807) is 7.11 Å². The van der Waals surface area contributed by atoms with E-state index in [0.717, 1.165) is 0 Å². The van der Waals surface area contributed by atoms with Gasteiger partial charge in [-0.25, -0.2) is 9.59 Å². The smallest absolute Gasteiger partial charge is 0.326 e. The van der Waals surface area contributed by atoms with Gasteiger partial charge in [0, 0.05) is 19.6 Å². The summed E-state index contributed by atoms with van der Waals surface area (Å²) in [6.45, 7) is 0. The molecule has 1 atom stereocenters. The lowest BCUT2D eigenvalue weighted by atomic mass is 9.89. The Labute approximate surface area is 110 Å². The molecule has 0 unspecified atom stereocenters. The van der Waals surface area contributed by atoms with Crippen molar-refractivity contribution in [2.24, 2.45) is 5.73 Å². The molecule has 1 saturated carbocycles. The number of nitrogens with two attached hydrogens (primary N) is 1. The fraction of sp³-hybridized carbons (Fsp3) is 0.727. The van der Waals surface area contributed by atoms with Crippen molar-refractivity contribution in [3.05, 3.63) is 0 Å². The standard InChI is InChI=1S/C11H19N3O5/c1-19-7-4-6(5-7)13-11(18)14-8(10(16)17)2-3-9(12)15/h6-8H,2-5H2,1H3,(H2,12,15)(H,16,17)(H2,13,14,18)/t6?,7?,8-/m1/s1. The minimum Gasteiger partial charge on any atom is -0.480 e. The molecule has 0 aromatic heterocycles. The third-order valence-corrected chi connectivity index (χ3v) is 3.05. The number of nitrogens with one attached hydrogen (secondary N) is 2. The Bertz CT molecular complexity index is 354. The van der Waals surface area contributed by atoms with Gasteiger partial charge >= 0.3 is 12.0 Å². The van der Waals surface area contributed by atoms with Crippen LogP contribution in [0.4, 0.5) is 4.79 Å². The Hall–Kier alpha value is -1.83. The maximum atomic E-state index is 11.6. The molecule has 0 radical (unpaired) electrons. The molecular formula is C11H19N3O5. The number of carbonyl (C=O) groups is 3. The molecule has 1 fully saturated rings. The Morgan fingerprint density at radius 1 is 1.42 bits per heavy atom. The van der Waals surface area contributed by atoms with E-state index in [-0.39, 0.29) is 25.0 Å². The second kappa shape index (κ2) is 6.93. The lowest BCUT2D eigenvalue weighted by molar-refractivity contribution is -0.139. The molecule has 19 heavy (non-hydrogen) atoms. The normalized spacial score (nSPS) is 23.0. The van der Waals surface area contributed by atoms with Crippen molar-refractivity contribution in [2.75, 3.05) is 7.11 Å². The van der Waals surface area contributed by atoms with Gasteiger partial charge in [0.05, 0.1) is 6.10 Å². The number of rotatable bonds is 7. The molecule has 0 aliphatic heterocycles. The number of carboxylic acid groups (broad SMARTS) is 1. The zero-order chi connectivity index (χ0) is 14.4. The minimum absolute atomic E-state index is 0.00413. The number of amides is 3. The number of hydrogen-bond donors (Lipinski definition) is 4. The molecule has 1 aliphatic rings. The third-order valence-electron chi connectivity index (χ3n) is 3.05. The molecule has 108 valence electrons. The van der Waals surface area contributed by atoms with Gasteiger partial charge in [-0.1, -0.05) is 0 Å². The second-order valence-corrected chi connectivity index (χ2v) is 4.54. The average Bonchev–Trinajstić information content (AvgIpc) is 2.27. The van der Waals surface area contributed by atoms with Crippen LogP contribution in [0.15, 0.2) is 0 Å². The van der Waals surface area contributed by atoms with Crippen molar-refractivity contribution in [2.45, 2.75) is 43.9 Å². The molecule has 0 heterocycles. The topological polar surface area (TPSA) is 131 Å². The maximum Gasteiger partial charge on any atom is 0.326 e. The quantitative estimate of drug-likeness (QED) is 0.481. The highest BCUT2D eigenvalue weighted by atomic mass is 16.5. The summed E-state index contributed by atoms with van der Waals surface area (Å²) >= 11 is 0. The summed E-state index contributed by atoms with van der Waals surface area (Å²) in [4.78, 5) is 33.1. The van der Waals surface area contributed by atoms with E-state index in [1.165, 1.54) is 0 Å². The Kier molecular flexibility index (Phi) is 5.56. The summed E-state index contributed by atoms with van der Waals surface area (Å²) in [5, 5.41) is 13.9. The van der Waals surface area contributed by atoms with Gasteiger partial charge in [-0.15, -0.1) is 0 Å². The summed E-state index contributed by atoms with van der Waals surface area (Å²) in [7, 11) is 1.60. The molecule has 5 N–H and O–H groups in total. The van der Waals surface area contributed by atoms with Gasteiger partial charge in [0.2, 0.25) is 5.91 Å². The first-order valence-corrected chi connectivity index (χ1v) is 6.03. The lowest BCUT2D eigenvalue weighted by Gasteiger charge is -2.34. The zero-order valence-corrected chi connectivity index (χ0v) is 10.7. The predicted octanol–water partition coefficient (Wildman–Crippen LogP) is -0.818. The number of carboxylic acids is 1. The molecule has 8 heteroatoms. The summed E-state index contributed by atoms with van der Waals surface area (Å²) in [5.41, 5.74) is 4.94. The minimum atomic E-state index is -1.19. The van der Waals surface area contributed by atoms with Crippen LogP contribution in [0, 0.1) is 0 Å². The SMILES string of the molecule is COC1CC(NC(=O)N[C@H](CCC(N)=O)C(=O)O)C1. The first-order chi connectivity index (χ1) is 8.92. The maximum absolute atomic E-state index is 11.6. The third kappa shape index (κ3) is 5.12. The summed E-state index contributed by atoms with van der Waals surface area (Å²) in [6.07, 6.45) is 1.46. The van der Waals surface area contributed by atoms with Crippen LogP contribution in [0.2, 0.25) is 0 Å². The highest BCUT2D eigenvalue weighted by Crippen LogP contribution is 2.22. The van der Waals surface area contributed by atoms with Gasteiger partial charge in [-0.05, 0) is 19.3 Å². The highest BCUT2D eigenvalue weighted by Gasteiger charge is 2.31. The molecule has 0 aromatic rings. The van der Waals surface area contributed by atoms with Crippen molar-refractivity contribution >= 4 is 17.9 Å². The number of aliphatic carboxylic acids is 1. The average molecular weight is 273 g/mol. The van der Waals surface area contributed by atoms with Crippen molar-refractivity contribution < 1.29 is 24.2 Å². The van der Waals surface area contributed by atoms with Crippen LogP contribution in [-0.2, 0) is 14.3 Å². The van der Waals surface area contributed by atoms with Crippen LogP contribution in [-0.4, -0.2) is 48.3 Å². The van der Waals surface area contributed by atoms with Gasteiger partial charge in [0.15, 0.2) is 0 Å². The van der Waals surface area contributed by atoms with Gasteiger partial charge in [0.1, 0.15) is 6.04 Å². The van der Waals surface area contributed by atoms with Crippen LogP contribution in [0.3, 0.4) is 0 Å². The van der Waals surface area contributed by atoms with Crippen LogP contribution in [0.1, 0.15) is 25.7 Å². The molecule has 8 nitrogen and oxygen atoms in total. The van der Waals surface area contributed by atoms with Crippen molar-refractivity contribution in [3.63, 3.8) is 0 Å². The van der Waals surface area contributed by atoms with E-state index in [0.29, 0.717) is 12.8 Å². The van der Waals surface area contributed by atoms with Crippen LogP contribution in [0.5, 0.6) is 0 Å². The van der Waals surface area contributed by atoms with Gasteiger partial charge in [0.25, 0.3) is 0 Å². The van der Waals surface area contributed by atoms with Crippen LogP contribution < -0.4 is 16.4 Å². The fourth-order valence-corrected chi connectivity index (χ4v) is 1.81. The van der Waals surface area contributed by atoms with Gasteiger partial charge in [-0.2, -0.15) is 0 Å². The monoisotopic (exact) mass is 273 g/mol. The Balaban J connectivity index is 2.31. The summed E-state index contributed by atoms with van der Waals surface area (Å²) in [6, 6.07) is -1.68. The van der Waals surface area contributed by atoms with E-state index in [2.05, 4.69) is 10.6 Å². The number of carbonyl (C=O) groups excluding carboxylic acids is 2. The predicted molar refractivity (Wildman–Crippen MR) is 65.3 cm³/mol. The first-order valence-electron chi connectivity index (χ1n) is 6.03. The van der Waals surface area contributed by atoms with Crippen LogP contribution >= 0.6 is 0 Å². The number of primary amides is 1. The summed E-state index contributed by atoms with van der Waals surface area (Å²) in [5.74, 6) is -1.80. The van der Waals surface area contributed by atoms with Crippen molar-refractivity contribution in [3.8, 4) is 0 Å². The highest BCUT2D eigenvalue weighted by molar-refractivity contribution is 5.83. The molecule has 0 bridgehead atoms. The first kappa shape index (κ1) is 15.2. The number of hydrogen-bond acceptors (Lipinski definition) is 4. The van der Waals surface area contributed by atoms with Gasteiger partial charge in [-0.3, -0.25) is 4.79 Å². The molecule has 0 spiro atoms. The van der Waals surface area contributed by atoms with E-state index in [9.17, 15) is 14.4 Å². The van der Waals surface area contributed by atoms with Crippen LogP contribution in [0.25, 0.3) is 0 Å². The number of ether oxygens (including phenoxy) is 1. The molecule has 1 aliphatic carbocycles.